The minimum Gasteiger partial charge on any atom is -0.397 e. The first kappa shape index (κ1) is 12.7. The van der Waals surface area contributed by atoms with E-state index in [9.17, 15) is 4.39 Å². The number of hydrogen-bond donors (Lipinski definition) is 1. The summed E-state index contributed by atoms with van der Waals surface area (Å²) in [6.07, 6.45) is 1.11. The molecule has 0 aliphatic carbocycles. The van der Waals surface area contributed by atoms with Crippen LogP contribution in [0.25, 0.3) is 0 Å². The van der Waals surface area contributed by atoms with E-state index in [4.69, 9.17) is 10.5 Å². The van der Waals surface area contributed by atoms with Crippen LogP contribution in [-0.4, -0.2) is 50.3 Å². The summed E-state index contributed by atoms with van der Waals surface area (Å²) in [6.45, 7) is 5.49. The summed E-state index contributed by atoms with van der Waals surface area (Å²) in [5, 5.41) is 0. The highest BCUT2D eigenvalue weighted by Crippen LogP contribution is 2.29. The number of ether oxygens (including phenoxy) is 1. The molecule has 0 aromatic heterocycles. The van der Waals surface area contributed by atoms with Gasteiger partial charge in [-0.3, -0.25) is 4.90 Å². The zero-order valence-electron chi connectivity index (χ0n) is 11.0. The minimum atomic E-state index is -0.223. The van der Waals surface area contributed by atoms with E-state index in [0.29, 0.717) is 11.7 Å². The first-order valence-corrected chi connectivity index (χ1v) is 6.86. The van der Waals surface area contributed by atoms with Gasteiger partial charge < -0.3 is 15.4 Å². The van der Waals surface area contributed by atoms with E-state index >= 15 is 0 Å². The monoisotopic (exact) mass is 265 g/mol. The van der Waals surface area contributed by atoms with E-state index in [1.807, 2.05) is 0 Å². The van der Waals surface area contributed by atoms with Crippen molar-refractivity contribution in [3.63, 3.8) is 0 Å². The Balaban J connectivity index is 1.69. The fraction of sp³-hybridized carbons (Fsp3) is 0.571. The summed E-state index contributed by atoms with van der Waals surface area (Å²) in [5.74, 6) is -0.223. The van der Waals surface area contributed by atoms with Gasteiger partial charge in [0.05, 0.1) is 24.6 Å². The van der Waals surface area contributed by atoms with Gasteiger partial charge in [0.1, 0.15) is 5.82 Å². The van der Waals surface area contributed by atoms with E-state index < -0.39 is 0 Å². The van der Waals surface area contributed by atoms with Crippen LogP contribution in [0.5, 0.6) is 0 Å². The highest BCUT2D eigenvalue weighted by molar-refractivity contribution is 5.68. The fourth-order valence-corrected chi connectivity index (χ4v) is 2.99. The Labute approximate surface area is 112 Å². The van der Waals surface area contributed by atoms with Crippen molar-refractivity contribution in [3.05, 3.63) is 24.0 Å². The van der Waals surface area contributed by atoms with Crippen LogP contribution in [0.4, 0.5) is 15.8 Å². The first-order chi connectivity index (χ1) is 9.24. The van der Waals surface area contributed by atoms with E-state index in [1.54, 1.807) is 6.07 Å². The summed E-state index contributed by atoms with van der Waals surface area (Å²) >= 11 is 0. The third-order valence-electron chi connectivity index (χ3n) is 4.06. The summed E-state index contributed by atoms with van der Waals surface area (Å²) in [6, 6.07) is 5.13. The zero-order valence-corrected chi connectivity index (χ0v) is 11.0. The number of rotatable bonds is 2. The lowest BCUT2D eigenvalue weighted by Crippen LogP contribution is -2.44. The molecule has 1 aromatic rings. The lowest BCUT2D eigenvalue weighted by molar-refractivity contribution is 0.0209. The average molecular weight is 265 g/mol. The van der Waals surface area contributed by atoms with Crippen LogP contribution in [0, 0.1) is 5.82 Å². The van der Waals surface area contributed by atoms with Crippen molar-refractivity contribution in [2.24, 2.45) is 0 Å². The SMILES string of the molecule is Nc1ccc(F)cc1N1CCC(N2CCOCC2)C1. The number of hydrogen-bond acceptors (Lipinski definition) is 4. The topological polar surface area (TPSA) is 41.7 Å². The van der Waals surface area contributed by atoms with Gasteiger partial charge in [0.25, 0.3) is 0 Å². The van der Waals surface area contributed by atoms with Crippen molar-refractivity contribution >= 4 is 11.4 Å². The summed E-state index contributed by atoms with van der Waals surface area (Å²) in [4.78, 5) is 4.66. The number of morpholine rings is 1. The van der Waals surface area contributed by atoms with Crippen LogP contribution in [0.3, 0.4) is 0 Å². The lowest BCUT2D eigenvalue weighted by atomic mass is 10.2. The predicted octanol–water partition coefficient (Wildman–Crippen LogP) is 1.32. The van der Waals surface area contributed by atoms with E-state index in [1.165, 1.54) is 12.1 Å². The van der Waals surface area contributed by atoms with Crippen LogP contribution in [0.15, 0.2) is 18.2 Å². The van der Waals surface area contributed by atoms with E-state index in [0.717, 1.165) is 51.5 Å². The molecule has 104 valence electrons. The summed E-state index contributed by atoms with van der Waals surface area (Å²) in [5.41, 5.74) is 7.44. The first-order valence-electron chi connectivity index (χ1n) is 6.86. The molecule has 0 saturated carbocycles. The third kappa shape index (κ3) is 2.67. The molecule has 0 amide bonds. The molecule has 1 atom stereocenters. The van der Waals surface area contributed by atoms with Gasteiger partial charge in [0.15, 0.2) is 0 Å². The van der Waals surface area contributed by atoms with Crippen molar-refractivity contribution in [2.45, 2.75) is 12.5 Å². The lowest BCUT2D eigenvalue weighted by Gasteiger charge is -2.32. The van der Waals surface area contributed by atoms with Crippen LogP contribution in [0.1, 0.15) is 6.42 Å². The molecule has 19 heavy (non-hydrogen) atoms. The smallest absolute Gasteiger partial charge is 0.125 e. The van der Waals surface area contributed by atoms with Gasteiger partial charge in [-0.1, -0.05) is 0 Å². The van der Waals surface area contributed by atoms with Crippen LogP contribution in [-0.2, 0) is 4.74 Å². The van der Waals surface area contributed by atoms with Gasteiger partial charge in [-0.25, -0.2) is 4.39 Å². The number of benzene rings is 1. The van der Waals surface area contributed by atoms with Crippen molar-refractivity contribution < 1.29 is 9.13 Å². The predicted molar refractivity (Wildman–Crippen MR) is 73.8 cm³/mol. The van der Waals surface area contributed by atoms with E-state index in [2.05, 4.69) is 9.80 Å². The Morgan fingerprint density at radius 2 is 2.00 bits per heavy atom. The maximum absolute atomic E-state index is 13.3. The Bertz CT molecular complexity index is 448. The molecule has 1 unspecified atom stereocenters. The van der Waals surface area contributed by atoms with Crippen molar-refractivity contribution in [3.8, 4) is 0 Å². The van der Waals surface area contributed by atoms with Crippen LogP contribution >= 0.6 is 0 Å². The molecule has 0 radical (unpaired) electrons. The maximum Gasteiger partial charge on any atom is 0.125 e. The van der Waals surface area contributed by atoms with Gasteiger partial charge >= 0.3 is 0 Å². The van der Waals surface area contributed by atoms with Gasteiger partial charge in [-0.05, 0) is 24.6 Å². The van der Waals surface area contributed by atoms with Crippen molar-refractivity contribution in [1.82, 2.24) is 4.90 Å². The molecule has 2 heterocycles. The quantitative estimate of drug-likeness (QED) is 0.819. The minimum absolute atomic E-state index is 0.223. The van der Waals surface area contributed by atoms with E-state index in [-0.39, 0.29) is 5.82 Å². The standard InChI is InChI=1S/C14H20FN3O/c15-11-1-2-13(16)14(9-11)18-4-3-12(10-18)17-5-7-19-8-6-17/h1-2,9,12H,3-8,10,16H2. The molecule has 2 N–H and O–H groups in total. The van der Waals surface area contributed by atoms with Gasteiger partial charge in [0, 0.05) is 32.2 Å². The Morgan fingerprint density at radius 1 is 1.21 bits per heavy atom. The number of nitrogens with two attached hydrogens (primary N) is 1. The van der Waals surface area contributed by atoms with Gasteiger partial charge in [-0.15, -0.1) is 0 Å². The number of nitrogens with zero attached hydrogens (tertiary/aromatic N) is 2. The second-order valence-corrected chi connectivity index (χ2v) is 5.24. The second-order valence-electron chi connectivity index (χ2n) is 5.24. The molecule has 2 fully saturated rings. The molecule has 2 aliphatic heterocycles. The summed E-state index contributed by atoms with van der Waals surface area (Å²) in [7, 11) is 0. The second kappa shape index (κ2) is 5.35. The van der Waals surface area contributed by atoms with Crippen molar-refractivity contribution in [1.29, 1.82) is 0 Å². The normalized spacial score (nSPS) is 24.9. The maximum atomic E-state index is 13.3. The molecule has 1 aromatic carbocycles. The highest BCUT2D eigenvalue weighted by Gasteiger charge is 2.29. The van der Waals surface area contributed by atoms with Crippen molar-refractivity contribution in [2.75, 3.05) is 50.0 Å². The number of nitrogen functional groups attached to an aromatic ring is 1. The zero-order chi connectivity index (χ0) is 13.2. The fourth-order valence-electron chi connectivity index (χ4n) is 2.99. The van der Waals surface area contributed by atoms with Crippen LogP contribution in [0.2, 0.25) is 0 Å². The number of halogens is 1. The molecule has 5 heteroatoms. The molecule has 2 saturated heterocycles. The van der Waals surface area contributed by atoms with Gasteiger partial charge in [0.2, 0.25) is 0 Å². The average Bonchev–Trinajstić information content (AvgIpc) is 2.92. The largest absolute Gasteiger partial charge is 0.397 e. The molecular formula is C14H20FN3O. The Hall–Kier alpha value is -1.33. The molecule has 3 rings (SSSR count). The molecular weight excluding hydrogens is 245 g/mol. The molecule has 2 aliphatic rings. The highest BCUT2D eigenvalue weighted by atomic mass is 19.1. The number of anilines is 2. The molecule has 0 spiro atoms. The van der Waals surface area contributed by atoms with Gasteiger partial charge in [-0.2, -0.15) is 0 Å². The molecule has 4 nitrogen and oxygen atoms in total. The Kier molecular flexibility index (Phi) is 3.57. The summed E-state index contributed by atoms with van der Waals surface area (Å²) < 4.78 is 18.7. The Morgan fingerprint density at radius 3 is 2.79 bits per heavy atom. The molecule has 0 bridgehead atoms. The third-order valence-corrected chi connectivity index (χ3v) is 4.06. The van der Waals surface area contributed by atoms with Crippen LogP contribution < -0.4 is 10.6 Å².